The minimum atomic E-state index is -3.52. The largest absolute Gasteiger partial charge is 0.326 e. The number of halogens is 1. The summed E-state index contributed by atoms with van der Waals surface area (Å²) in [6, 6.07) is 3.46. The van der Waals surface area contributed by atoms with Crippen LogP contribution in [0.4, 0.5) is 0 Å². The summed E-state index contributed by atoms with van der Waals surface area (Å²) in [6.07, 6.45) is 0. The van der Waals surface area contributed by atoms with Crippen LogP contribution in [0.3, 0.4) is 0 Å². The van der Waals surface area contributed by atoms with Gasteiger partial charge < -0.3 is 5.73 Å². The van der Waals surface area contributed by atoms with Crippen LogP contribution in [0.15, 0.2) is 21.5 Å². The molecule has 0 fully saturated rings. The van der Waals surface area contributed by atoms with Gasteiger partial charge in [0.05, 0.1) is 4.90 Å². The van der Waals surface area contributed by atoms with Crippen LogP contribution in [-0.2, 0) is 16.6 Å². The third-order valence-corrected chi connectivity index (χ3v) is 6.68. The normalized spacial score (nSPS) is 14.1. The molecule has 0 aromatic heterocycles. The Bertz CT molecular complexity index is 585. The van der Waals surface area contributed by atoms with E-state index in [4.69, 9.17) is 5.73 Å². The van der Waals surface area contributed by atoms with Crippen molar-refractivity contribution < 1.29 is 8.42 Å². The molecule has 0 aliphatic carbocycles. The second-order valence-electron chi connectivity index (χ2n) is 5.41. The average Bonchev–Trinajstić information content (AvgIpc) is 2.39. The first-order valence-corrected chi connectivity index (χ1v) is 8.83. The van der Waals surface area contributed by atoms with Crippen molar-refractivity contribution in [3.8, 4) is 0 Å². The molecule has 0 spiro atoms. The summed E-state index contributed by atoms with van der Waals surface area (Å²) in [4.78, 5) is 0.322. The molecule has 20 heavy (non-hydrogen) atoms. The highest BCUT2D eigenvalue weighted by Crippen LogP contribution is 2.29. The van der Waals surface area contributed by atoms with Crippen molar-refractivity contribution in [2.24, 2.45) is 11.7 Å². The molecule has 1 atom stereocenters. The lowest BCUT2D eigenvalue weighted by molar-refractivity contribution is 0.315. The summed E-state index contributed by atoms with van der Waals surface area (Å²) in [7, 11) is -1.89. The van der Waals surface area contributed by atoms with Crippen LogP contribution in [-0.4, -0.2) is 25.8 Å². The monoisotopic (exact) mass is 362 g/mol. The average molecular weight is 363 g/mol. The highest BCUT2D eigenvalue weighted by Gasteiger charge is 2.29. The molecule has 1 unspecified atom stereocenters. The van der Waals surface area contributed by atoms with Gasteiger partial charge in [-0.25, -0.2) is 8.42 Å². The molecule has 4 nitrogen and oxygen atoms in total. The minimum Gasteiger partial charge on any atom is -0.326 e. The Hall–Kier alpha value is -0.430. The smallest absolute Gasteiger partial charge is 0.243 e. The molecule has 2 N–H and O–H groups in total. The number of hydrogen-bond acceptors (Lipinski definition) is 3. The van der Waals surface area contributed by atoms with E-state index in [9.17, 15) is 8.42 Å². The van der Waals surface area contributed by atoms with E-state index in [0.29, 0.717) is 17.0 Å². The Morgan fingerprint density at radius 3 is 2.30 bits per heavy atom. The van der Waals surface area contributed by atoms with E-state index < -0.39 is 10.0 Å². The second-order valence-corrected chi connectivity index (χ2v) is 8.23. The fourth-order valence-electron chi connectivity index (χ4n) is 1.89. The summed E-state index contributed by atoms with van der Waals surface area (Å²) in [6.45, 7) is 8.04. The van der Waals surface area contributed by atoms with Crippen molar-refractivity contribution in [1.29, 1.82) is 0 Å². The Balaban J connectivity index is 3.39. The zero-order chi connectivity index (χ0) is 15.7. The fourth-order valence-corrected chi connectivity index (χ4v) is 4.31. The Labute approximate surface area is 130 Å². The second kappa shape index (κ2) is 6.56. The summed E-state index contributed by atoms with van der Waals surface area (Å²) in [5.41, 5.74) is 7.15. The van der Waals surface area contributed by atoms with E-state index in [1.807, 2.05) is 26.8 Å². The van der Waals surface area contributed by atoms with E-state index in [1.165, 1.54) is 4.31 Å². The zero-order valence-corrected chi connectivity index (χ0v) is 15.0. The van der Waals surface area contributed by atoms with Crippen LogP contribution >= 0.6 is 15.9 Å². The van der Waals surface area contributed by atoms with E-state index in [0.717, 1.165) is 10.0 Å². The van der Waals surface area contributed by atoms with Crippen molar-refractivity contribution in [1.82, 2.24) is 4.31 Å². The van der Waals surface area contributed by atoms with Crippen molar-refractivity contribution >= 4 is 26.0 Å². The quantitative estimate of drug-likeness (QED) is 0.875. The minimum absolute atomic E-state index is 0.0697. The van der Waals surface area contributed by atoms with Gasteiger partial charge in [-0.05, 0) is 43.0 Å². The number of benzene rings is 1. The summed E-state index contributed by atoms with van der Waals surface area (Å²) >= 11 is 3.41. The highest BCUT2D eigenvalue weighted by atomic mass is 79.9. The molecule has 6 heteroatoms. The maximum Gasteiger partial charge on any atom is 0.243 e. The van der Waals surface area contributed by atoms with Crippen LogP contribution in [0.1, 0.15) is 31.9 Å². The van der Waals surface area contributed by atoms with Gasteiger partial charge >= 0.3 is 0 Å². The van der Waals surface area contributed by atoms with Gasteiger partial charge in [0.1, 0.15) is 0 Å². The molecule has 0 heterocycles. The predicted molar refractivity (Wildman–Crippen MR) is 86.0 cm³/mol. The number of hydrogen-bond donors (Lipinski definition) is 1. The van der Waals surface area contributed by atoms with Crippen molar-refractivity contribution in [3.05, 3.63) is 27.7 Å². The maximum atomic E-state index is 12.8. The van der Waals surface area contributed by atoms with E-state index in [2.05, 4.69) is 15.9 Å². The lowest BCUT2D eigenvalue weighted by Crippen LogP contribution is -2.38. The first-order chi connectivity index (χ1) is 9.12. The fraction of sp³-hybridized carbons (Fsp3) is 0.571. The molecule has 0 saturated heterocycles. The Morgan fingerprint density at radius 1 is 1.30 bits per heavy atom. The summed E-state index contributed by atoms with van der Waals surface area (Å²) in [5, 5.41) is 0. The molecule has 0 aliphatic rings. The van der Waals surface area contributed by atoms with Crippen molar-refractivity contribution in [2.45, 2.75) is 45.2 Å². The van der Waals surface area contributed by atoms with Crippen molar-refractivity contribution in [3.63, 3.8) is 0 Å². The van der Waals surface area contributed by atoms with Crippen LogP contribution in [0, 0.1) is 12.8 Å². The van der Waals surface area contributed by atoms with Gasteiger partial charge in [0, 0.05) is 24.1 Å². The molecule has 0 aliphatic heterocycles. The van der Waals surface area contributed by atoms with Crippen LogP contribution < -0.4 is 5.73 Å². The Kier molecular flexibility index (Phi) is 5.78. The SMILES string of the molecule is Cc1c(Br)cc(CN)cc1S(=O)(=O)N(C)C(C)C(C)C. The first kappa shape index (κ1) is 17.6. The molecular formula is C14H23BrN2O2S. The summed E-state index contributed by atoms with van der Waals surface area (Å²) in [5.74, 6) is 0.246. The molecule has 0 radical (unpaired) electrons. The summed E-state index contributed by atoms with van der Waals surface area (Å²) < 4.78 is 27.8. The van der Waals surface area contributed by atoms with Gasteiger partial charge in [-0.1, -0.05) is 29.8 Å². The molecule has 1 aromatic rings. The molecule has 0 bridgehead atoms. The molecule has 114 valence electrons. The highest BCUT2D eigenvalue weighted by molar-refractivity contribution is 9.10. The van der Waals surface area contributed by atoms with Gasteiger partial charge in [0.15, 0.2) is 0 Å². The van der Waals surface area contributed by atoms with Gasteiger partial charge in [-0.15, -0.1) is 0 Å². The van der Waals surface area contributed by atoms with Crippen molar-refractivity contribution in [2.75, 3.05) is 7.05 Å². The zero-order valence-electron chi connectivity index (χ0n) is 12.6. The number of rotatable bonds is 5. The van der Waals surface area contributed by atoms with Gasteiger partial charge in [0.2, 0.25) is 10.0 Å². The van der Waals surface area contributed by atoms with Crippen LogP contribution in [0.5, 0.6) is 0 Å². The molecule has 0 saturated carbocycles. The third kappa shape index (κ3) is 3.42. The number of nitrogens with zero attached hydrogens (tertiary/aromatic N) is 1. The molecule has 1 rings (SSSR count). The van der Waals surface area contributed by atoms with E-state index >= 15 is 0 Å². The van der Waals surface area contributed by atoms with Gasteiger partial charge in [-0.3, -0.25) is 0 Å². The lowest BCUT2D eigenvalue weighted by atomic mass is 10.1. The first-order valence-electron chi connectivity index (χ1n) is 6.60. The third-order valence-electron chi connectivity index (χ3n) is 3.79. The van der Waals surface area contributed by atoms with Crippen LogP contribution in [0.25, 0.3) is 0 Å². The van der Waals surface area contributed by atoms with Gasteiger partial charge in [-0.2, -0.15) is 4.31 Å². The predicted octanol–water partition coefficient (Wildman–Crippen LogP) is 2.88. The molecule has 0 amide bonds. The molecular weight excluding hydrogens is 340 g/mol. The van der Waals surface area contributed by atoms with E-state index in [-0.39, 0.29) is 12.0 Å². The molecule has 1 aromatic carbocycles. The topological polar surface area (TPSA) is 63.4 Å². The Morgan fingerprint density at radius 2 is 1.85 bits per heavy atom. The standard InChI is InChI=1S/C14H23BrN2O2S/c1-9(2)11(4)17(5)20(18,19)14-7-12(8-16)6-13(15)10(14)3/h6-7,9,11H,8,16H2,1-5H3. The maximum absolute atomic E-state index is 12.8. The lowest BCUT2D eigenvalue weighted by Gasteiger charge is -2.28. The number of sulfonamides is 1. The van der Waals surface area contributed by atoms with E-state index in [1.54, 1.807) is 20.0 Å². The number of nitrogens with two attached hydrogens (primary N) is 1. The van der Waals surface area contributed by atoms with Crippen LogP contribution in [0.2, 0.25) is 0 Å². The van der Waals surface area contributed by atoms with Gasteiger partial charge in [0.25, 0.3) is 0 Å².